The van der Waals surface area contributed by atoms with Gasteiger partial charge in [-0.15, -0.1) is 0 Å². The lowest BCUT2D eigenvalue weighted by molar-refractivity contribution is -0.385. The number of nitro groups is 1. The van der Waals surface area contributed by atoms with Gasteiger partial charge in [-0.2, -0.15) is 0 Å². The highest BCUT2D eigenvalue weighted by molar-refractivity contribution is 6.30. The van der Waals surface area contributed by atoms with Crippen molar-refractivity contribution in [2.75, 3.05) is 13.2 Å². The number of hydrogen-bond acceptors (Lipinski definition) is 4. The van der Waals surface area contributed by atoms with E-state index < -0.39 is 4.92 Å². The fourth-order valence-corrected chi connectivity index (χ4v) is 2.26. The second-order valence-electron chi connectivity index (χ2n) is 5.00. The van der Waals surface area contributed by atoms with Crippen molar-refractivity contribution in [1.82, 2.24) is 5.32 Å². The van der Waals surface area contributed by atoms with Gasteiger partial charge in [-0.05, 0) is 25.0 Å². The van der Waals surface area contributed by atoms with E-state index in [4.69, 9.17) is 11.6 Å². The number of hydrogen-bond donors (Lipinski definition) is 2. The maximum absolute atomic E-state index is 11.0. The van der Waals surface area contributed by atoms with Crippen LogP contribution in [0.25, 0.3) is 0 Å². The molecule has 0 radical (unpaired) electrons. The predicted molar refractivity (Wildman–Crippen MR) is 79.9 cm³/mol. The van der Waals surface area contributed by atoms with Gasteiger partial charge in [0, 0.05) is 41.8 Å². The molecule has 6 heteroatoms. The summed E-state index contributed by atoms with van der Waals surface area (Å²) in [7, 11) is 0. The number of benzene rings is 1. The lowest BCUT2D eigenvalue weighted by atomic mass is 9.83. The van der Waals surface area contributed by atoms with Crippen LogP contribution in [0, 0.1) is 15.5 Å². The molecule has 2 N–H and O–H groups in total. The minimum atomic E-state index is -0.429. The van der Waals surface area contributed by atoms with Crippen LogP contribution in [0.3, 0.4) is 0 Å². The Morgan fingerprint density at radius 2 is 2.05 bits per heavy atom. The van der Waals surface area contributed by atoms with Gasteiger partial charge in [-0.3, -0.25) is 10.1 Å². The van der Waals surface area contributed by atoms with Gasteiger partial charge in [-0.25, -0.2) is 0 Å². The van der Waals surface area contributed by atoms with E-state index in [-0.39, 0.29) is 17.7 Å². The molecule has 0 heterocycles. The Balaban J connectivity index is 2.73. The van der Waals surface area contributed by atoms with E-state index in [0.717, 1.165) is 12.8 Å². The standard InChI is InChI=1S/C14H21ClN2O3/c1-3-14(4-2,10-18)9-16-8-11-5-6-12(15)7-13(11)17(19)20/h5-7,16,18H,3-4,8-10H2,1-2H3. The fourth-order valence-electron chi connectivity index (χ4n) is 2.10. The molecule has 0 saturated carbocycles. The first-order valence-corrected chi connectivity index (χ1v) is 7.10. The second-order valence-corrected chi connectivity index (χ2v) is 5.44. The summed E-state index contributed by atoms with van der Waals surface area (Å²) < 4.78 is 0. The third-order valence-corrected chi connectivity index (χ3v) is 4.13. The van der Waals surface area contributed by atoms with Crippen LogP contribution in [0.15, 0.2) is 18.2 Å². The quantitative estimate of drug-likeness (QED) is 0.571. The lowest BCUT2D eigenvalue weighted by Crippen LogP contribution is -2.36. The molecule has 0 aliphatic heterocycles. The Labute approximate surface area is 124 Å². The summed E-state index contributed by atoms with van der Waals surface area (Å²) in [6.07, 6.45) is 1.71. The molecule has 0 bridgehead atoms. The Bertz CT molecular complexity index is 453. The van der Waals surface area contributed by atoms with Gasteiger partial charge >= 0.3 is 0 Å². The third kappa shape index (κ3) is 4.16. The maximum Gasteiger partial charge on any atom is 0.275 e. The minimum absolute atomic E-state index is 0.0209. The molecule has 0 fully saturated rings. The zero-order valence-electron chi connectivity index (χ0n) is 11.9. The molecule has 20 heavy (non-hydrogen) atoms. The maximum atomic E-state index is 11.0. The summed E-state index contributed by atoms with van der Waals surface area (Å²) in [5.74, 6) is 0. The van der Waals surface area contributed by atoms with Crippen molar-refractivity contribution in [2.45, 2.75) is 33.2 Å². The zero-order valence-corrected chi connectivity index (χ0v) is 12.6. The van der Waals surface area contributed by atoms with Crippen LogP contribution in [0.1, 0.15) is 32.3 Å². The van der Waals surface area contributed by atoms with Gasteiger partial charge in [0.05, 0.1) is 4.92 Å². The van der Waals surface area contributed by atoms with Crippen molar-refractivity contribution < 1.29 is 10.0 Å². The first-order valence-electron chi connectivity index (χ1n) is 6.72. The van der Waals surface area contributed by atoms with Crippen molar-refractivity contribution >= 4 is 17.3 Å². The molecule has 0 spiro atoms. The predicted octanol–water partition coefficient (Wildman–Crippen LogP) is 3.14. The molecule has 0 amide bonds. The van der Waals surface area contributed by atoms with Crippen LogP contribution in [-0.2, 0) is 6.54 Å². The molecule has 0 saturated heterocycles. The van der Waals surface area contributed by atoms with Gasteiger partial charge in [0.2, 0.25) is 0 Å². The summed E-state index contributed by atoms with van der Waals surface area (Å²) in [5, 5.41) is 24.0. The average molecular weight is 301 g/mol. The van der Waals surface area contributed by atoms with Crippen LogP contribution in [0.5, 0.6) is 0 Å². The molecule has 5 nitrogen and oxygen atoms in total. The monoisotopic (exact) mass is 300 g/mol. The molecule has 1 aromatic rings. The number of nitrogens with one attached hydrogen (secondary N) is 1. The van der Waals surface area contributed by atoms with Gasteiger partial charge in [0.15, 0.2) is 0 Å². The van der Waals surface area contributed by atoms with E-state index in [9.17, 15) is 15.2 Å². The highest BCUT2D eigenvalue weighted by Crippen LogP contribution is 2.26. The van der Waals surface area contributed by atoms with Crippen LogP contribution in [0.4, 0.5) is 5.69 Å². The number of halogens is 1. The van der Waals surface area contributed by atoms with Crippen LogP contribution < -0.4 is 5.32 Å². The van der Waals surface area contributed by atoms with E-state index in [0.29, 0.717) is 23.7 Å². The summed E-state index contributed by atoms with van der Waals surface area (Å²) >= 11 is 5.78. The first kappa shape index (κ1) is 16.9. The van der Waals surface area contributed by atoms with E-state index in [1.165, 1.54) is 6.07 Å². The second kappa shape index (κ2) is 7.57. The number of rotatable bonds is 8. The molecule has 1 aromatic carbocycles. The van der Waals surface area contributed by atoms with E-state index in [1.807, 2.05) is 13.8 Å². The highest BCUT2D eigenvalue weighted by atomic mass is 35.5. The Kier molecular flexibility index (Phi) is 6.39. The fraction of sp³-hybridized carbons (Fsp3) is 0.571. The molecule has 0 atom stereocenters. The molecule has 0 aliphatic rings. The number of aliphatic hydroxyl groups is 1. The molecular formula is C14H21ClN2O3. The Morgan fingerprint density at radius 3 is 2.55 bits per heavy atom. The van der Waals surface area contributed by atoms with Crippen molar-refractivity contribution in [1.29, 1.82) is 0 Å². The molecule has 0 aromatic heterocycles. The summed E-state index contributed by atoms with van der Waals surface area (Å²) in [6, 6.07) is 4.66. The molecule has 112 valence electrons. The topological polar surface area (TPSA) is 75.4 Å². The smallest absolute Gasteiger partial charge is 0.275 e. The largest absolute Gasteiger partial charge is 0.396 e. The average Bonchev–Trinajstić information content (AvgIpc) is 2.45. The van der Waals surface area contributed by atoms with Crippen LogP contribution in [0.2, 0.25) is 5.02 Å². The summed E-state index contributed by atoms with van der Waals surface area (Å²) in [6.45, 7) is 5.18. The van der Waals surface area contributed by atoms with Crippen LogP contribution >= 0.6 is 11.6 Å². The number of aliphatic hydroxyl groups excluding tert-OH is 1. The minimum Gasteiger partial charge on any atom is -0.396 e. The van der Waals surface area contributed by atoms with Gasteiger partial charge in [0.25, 0.3) is 5.69 Å². The molecule has 1 rings (SSSR count). The summed E-state index contributed by atoms with van der Waals surface area (Å²) in [4.78, 5) is 10.6. The zero-order chi connectivity index (χ0) is 15.2. The van der Waals surface area contributed by atoms with E-state index in [1.54, 1.807) is 12.1 Å². The molecule has 0 unspecified atom stereocenters. The highest BCUT2D eigenvalue weighted by Gasteiger charge is 2.25. The third-order valence-electron chi connectivity index (χ3n) is 3.89. The number of nitro benzene ring substituents is 1. The van der Waals surface area contributed by atoms with Crippen molar-refractivity contribution in [2.24, 2.45) is 5.41 Å². The Hall–Kier alpha value is -1.17. The van der Waals surface area contributed by atoms with Gasteiger partial charge in [-0.1, -0.05) is 25.4 Å². The normalized spacial score (nSPS) is 11.6. The SMILES string of the molecule is CCC(CC)(CO)CNCc1ccc(Cl)cc1[N+](=O)[O-]. The molecular weight excluding hydrogens is 280 g/mol. The first-order chi connectivity index (χ1) is 9.48. The van der Waals surface area contributed by atoms with Crippen molar-refractivity contribution in [3.05, 3.63) is 38.9 Å². The van der Waals surface area contributed by atoms with Gasteiger partial charge < -0.3 is 10.4 Å². The van der Waals surface area contributed by atoms with E-state index >= 15 is 0 Å². The summed E-state index contributed by atoms with van der Waals surface area (Å²) in [5.41, 5.74) is 0.451. The Morgan fingerprint density at radius 1 is 1.40 bits per heavy atom. The lowest BCUT2D eigenvalue weighted by Gasteiger charge is -2.29. The van der Waals surface area contributed by atoms with Crippen LogP contribution in [-0.4, -0.2) is 23.2 Å². The molecule has 0 aliphatic carbocycles. The van der Waals surface area contributed by atoms with Gasteiger partial charge in [0.1, 0.15) is 0 Å². The van der Waals surface area contributed by atoms with E-state index in [2.05, 4.69) is 5.32 Å². The number of nitrogens with zero attached hydrogens (tertiary/aromatic N) is 1. The van der Waals surface area contributed by atoms with Crippen molar-refractivity contribution in [3.63, 3.8) is 0 Å². The van der Waals surface area contributed by atoms with Crippen molar-refractivity contribution in [3.8, 4) is 0 Å².